The summed E-state index contributed by atoms with van der Waals surface area (Å²) < 4.78 is 1.54. The number of hydrogen-bond donors (Lipinski definition) is 2. The van der Waals surface area contributed by atoms with Crippen molar-refractivity contribution in [1.82, 2.24) is 24.8 Å². The summed E-state index contributed by atoms with van der Waals surface area (Å²) >= 11 is 0. The molecule has 2 amide bonds. The molecule has 35 heavy (non-hydrogen) atoms. The Morgan fingerprint density at radius 3 is 2.00 bits per heavy atom. The lowest BCUT2D eigenvalue weighted by Gasteiger charge is -2.16. The maximum absolute atomic E-state index is 13.5. The average molecular weight is 476 g/mol. The SMILES string of the molecule is CN(C)CCNC(=O)c1ccn2c3c(c(C(=O)NCCN(C)C)c2c1)C(=O)c1ccccc1C3=O. The van der Waals surface area contributed by atoms with Crippen LogP contribution in [0, 0.1) is 0 Å². The van der Waals surface area contributed by atoms with Crippen LogP contribution in [0.15, 0.2) is 42.6 Å². The molecule has 0 saturated heterocycles. The average Bonchev–Trinajstić information content (AvgIpc) is 3.17. The van der Waals surface area contributed by atoms with Crippen LogP contribution in [0.2, 0.25) is 0 Å². The molecule has 2 aromatic heterocycles. The summed E-state index contributed by atoms with van der Waals surface area (Å²) in [6.45, 7) is 2.10. The van der Waals surface area contributed by atoms with E-state index in [2.05, 4.69) is 10.6 Å². The van der Waals surface area contributed by atoms with Gasteiger partial charge in [0.25, 0.3) is 11.8 Å². The molecule has 3 aromatic rings. The number of pyridine rings is 1. The number of carbonyl (C=O) groups excluding carboxylic acids is 4. The third-order valence-corrected chi connectivity index (χ3v) is 5.98. The Kier molecular flexibility index (Phi) is 6.81. The van der Waals surface area contributed by atoms with Crippen molar-refractivity contribution in [3.63, 3.8) is 0 Å². The lowest BCUT2D eigenvalue weighted by atomic mass is 9.86. The molecule has 0 radical (unpaired) electrons. The van der Waals surface area contributed by atoms with E-state index in [1.165, 1.54) is 0 Å². The van der Waals surface area contributed by atoms with E-state index in [0.717, 1.165) is 0 Å². The molecule has 0 aliphatic heterocycles. The second-order valence-corrected chi connectivity index (χ2v) is 9.09. The Morgan fingerprint density at radius 2 is 1.40 bits per heavy atom. The second-order valence-electron chi connectivity index (χ2n) is 9.09. The Balaban J connectivity index is 1.83. The van der Waals surface area contributed by atoms with Crippen LogP contribution in [0.4, 0.5) is 0 Å². The summed E-state index contributed by atoms with van der Waals surface area (Å²) in [6, 6.07) is 9.76. The quantitative estimate of drug-likeness (QED) is 0.398. The summed E-state index contributed by atoms with van der Waals surface area (Å²) in [5.74, 6) is -1.47. The molecule has 9 nitrogen and oxygen atoms in total. The highest BCUT2D eigenvalue weighted by Gasteiger charge is 2.38. The molecule has 0 unspecified atom stereocenters. The fourth-order valence-corrected chi connectivity index (χ4v) is 4.19. The topological polar surface area (TPSA) is 103 Å². The third kappa shape index (κ3) is 4.60. The summed E-state index contributed by atoms with van der Waals surface area (Å²) in [5.41, 5.74) is 1.56. The number of benzene rings is 1. The van der Waals surface area contributed by atoms with Crippen LogP contribution in [0.5, 0.6) is 0 Å². The first kappa shape index (κ1) is 24.3. The molecule has 0 fully saturated rings. The monoisotopic (exact) mass is 475 g/mol. The van der Waals surface area contributed by atoms with Gasteiger partial charge in [0, 0.05) is 49.1 Å². The van der Waals surface area contributed by atoms with E-state index in [4.69, 9.17) is 0 Å². The van der Waals surface area contributed by atoms with Crippen molar-refractivity contribution >= 4 is 28.9 Å². The number of fused-ring (bicyclic) bond motifs is 4. The van der Waals surface area contributed by atoms with Crippen LogP contribution >= 0.6 is 0 Å². The van der Waals surface area contributed by atoms with Gasteiger partial charge in [-0.2, -0.15) is 0 Å². The van der Waals surface area contributed by atoms with Gasteiger partial charge in [-0.05, 0) is 40.3 Å². The predicted octanol–water partition coefficient (Wildman–Crippen LogP) is 1.30. The molecule has 4 rings (SSSR count). The zero-order valence-corrected chi connectivity index (χ0v) is 20.3. The van der Waals surface area contributed by atoms with E-state index in [0.29, 0.717) is 42.8 Å². The van der Waals surface area contributed by atoms with Crippen LogP contribution in [-0.4, -0.2) is 92.0 Å². The van der Waals surface area contributed by atoms with Gasteiger partial charge in [0.2, 0.25) is 5.78 Å². The first-order valence-corrected chi connectivity index (χ1v) is 11.4. The number of hydrogen-bond acceptors (Lipinski definition) is 6. The molecule has 0 spiro atoms. The van der Waals surface area contributed by atoms with E-state index in [1.54, 1.807) is 47.0 Å². The fraction of sp³-hybridized carbons (Fsp3) is 0.308. The number of amides is 2. The summed E-state index contributed by atoms with van der Waals surface area (Å²) in [5, 5.41) is 5.70. The largest absolute Gasteiger partial charge is 0.351 e. The van der Waals surface area contributed by atoms with Gasteiger partial charge < -0.3 is 24.8 Å². The Bertz CT molecular complexity index is 1340. The number of nitrogens with zero attached hydrogens (tertiary/aromatic N) is 3. The number of ketones is 2. The standard InChI is InChI=1S/C26H29N5O4/c1-29(2)13-10-27-25(34)16-9-12-31-19(15-16)20(26(35)28-11-14-30(3)4)21-22(31)24(33)18-8-6-5-7-17(18)23(21)32/h5-9,12,15H,10-11,13-14H2,1-4H3,(H,27,34)(H,28,35). The normalized spacial score (nSPS) is 12.7. The maximum atomic E-state index is 13.5. The van der Waals surface area contributed by atoms with Crippen molar-refractivity contribution in [2.24, 2.45) is 0 Å². The Morgan fingerprint density at radius 1 is 0.829 bits per heavy atom. The molecule has 0 bridgehead atoms. The molecule has 182 valence electrons. The lowest BCUT2D eigenvalue weighted by Crippen LogP contribution is -2.32. The van der Waals surface area contributed by atoms with E-state index in [1.807, 2.05) is 38.0 Å². The molecule has 1 aliphatic carbocycles. The molecule has 9 heteroatoms. The third-order valence-electron chi connectivity index (χ3n) is 5.98. The summed E-state index contributed by atoms with van der Waals surface area (Å²) in [6.07, 6.45) is 1.57. The van der Waals surface area contributed by atoms with Gasteiger partial charge >= 0.3 is 0 Å². The van der Waals surface area contributed by atoms with Gasteiger partial charge in [0.15, 0.2) is 5.78 Å². The molecule has 1 aliphatic rings. The number of likely N-dealkylation sites (N-methyl/N-ethyl adjacent to an activating group) is 2. The minimum atomic E-state index is -0.462. The van der Waals surface area contributed by atoms with Crippen LogP contribution in [0.25, 0.3) is 5.52 Å². The first-order valence-electron chi connectivity index (χ1n) is 11.4. The zero-order valence-electron chi connectivity index (χ0n) is 20.3. The van der Waals surface area contributed by atoms with Crippen molar-refractivity contribution in [2.75, 3.05) is 54.4 Å². The molecule has 0 saturated carbocycles. The van der Waals surface area contributed by atoms with Crippen LogP contribution in [0.3, 0.4) is 0 Å². The second kappa shape index (κ2) is 9.81. The van der Waals surface area contributed by atoms with Crippen molar-refractivity contribution < 1.29 is 19.2 Å². The molecular formula is C26H29N5O4. The summed E-state index contributed by atoms with van der Waals surface area (Å²) in [4.78, 5) is 57.0. The molecule has 1 aromatic carbocycles. The summed E-state index contributed by atoms with van der Waals surface area (Å²) in [7, 11) is 7.61. The smallest absolute Gasteiger partial charge is 0.254 e. The molecular weight excluding hydrogens is 446 g/mol. The molecule has 2 heterocycles. The van der Waals surface area contributed by atoms with Gasteiger partial charge in [-0.15, -0.1) is 0 Å². The minimum absolute atomic E-state index is 0.0706. The van der Waals surface area contributed by atoms with Gasteiger partial charge in [-0.3, -0.25) is 19.2 Å². The van der Waals surface area contributed by atoms with Crippen molar-refractivity contribution in [3.8, 4) is 0 Å². The van der Waals surface area contributed by atoms with Crippen LogP contribution < -0.4 is 10.6 Å². The maximum Gasteiger partial charge on any atom is 0.254 e. The van der Waals surface area contributed by atoms with Gasteiger partial charge in [-0.1, -0.05) is 24.3 Å². The van der Waals surface area contributed by atoms with E-state index >= 15 is 0 Å². The van der Waals surface area contributed by atoms with Crippen molar-refractivity contribution in [2.45, 2.75) is 0 Å². The lowest BCUT2D eigenvalue weighted by molar-refractivity contribution is 0.0935. The van der Waals surface area contributed by atoms with E-state index in [9.17, 15) is 19.2 Å². The number of rotatable bonds is 8. The number of aromatic nitrogens is 1. The Labute approximate surface area is 203 Å². The van der Waals surface area contributed by atoms with Crippen molar-refractivity contribution in [3.05, 3.63) is 76.1 Å². The van der Waals surface area contributed by atoms with E-state index in [-0.39, 0.29) is 39.9 Å². The van der Waals surface area contributed by atoms with Gasteiger partial charge in [0.05, 0.1) is 16.6 Å². The predicted molar refractivity (Wildman–Crippen MR) is 132 cm³/mol. The molecule has 0 atom stereocenters. The number of nitrogens with one attached hydrogen (secondary N) is 2. The minimum Gasteiger partial charge on any atom is -0.351 e. The van der Waals surface area contributed by atoms with Crippen molar-refractivity contribution in [1.29, 1.82) is 0 Å². The van der Waals surface area contributed by atoms with Crippen LogP contribution in [-0.2, 0) is 0 Å². The first-order chi connectivity index (χ1) is 16.7. The zero-order chi connectivity index (χ0) is 25.3. The van der Waals surface area contributed by atoms with E-state index < -0.39 is 5.91 Å². The fourth-order valence-electron chi connectivity index (χ4n) is 4.19. The Hall–Kier alpha value is -3.82. The highest BCUT2D eigenvalue weighted by molar-refractivity contribution is 6.32. The van der Waals surface area contributed by atoms with Gasteiger partial charge in [0.1, 0.15) is 5.69 Å². The van der Waals surface area contributed by atoms with Crippen LogP contribution in [0.1, 0.15) is 52.7 Å². The number of carbonyl (C=O) groups is 4. The highest BCUT2D eigenvalue weighted by Crippen LogP contribution is 2.34. The van der Waals surface area contributed by atoms with Gasteiger partial charge in [-0.25, -0.2) is 0 Å². The molecule has 2 N–H and O–H groups in total. The highest BCUT2D eigenvalue weighted by atomic mass is 16.2.